The lowest BCUT2D eigenvalue weighted by molar-refractivity contribution is -0.128. The maximum absolute atomic E-state index is 11.8. The molecule has 1 amide bonds. The van der Waals surface area contributed by atoms with E-state index in [0.717, 1.165) is 23.2 Å². The summed E-state index contributed by atoms with van der Waals surface area (Å²) < 4.78 is 0. The Morgan fingerprint density at radius 1 is 1.41 bits per heavy atom. The number of phenols is 1. The van der Waals surface area contributed by atoms with Crippen molar-refractivity contribution in [3.63, 3.8) is 0 Å². The largest absolute Gasteiger partial charge is 0.508 e. The van der Waals surface area contributed by atoms with Gasteiger partial charge in [-0.25, -0.2) is 0 Å². The summed E-state index contributed by atoms with van der Waals surface area (Å²) in [5, 5.41) is 9.41. The number of phenolic OH excluding ortho intramolecular Hbond substituents is 1. The van der Waals surface area contributed by atoms with Gasteiger partial charge in [0.15, 0.2) is 0 Å². The first-order valence-electron chi connectivity index (χ1n) is 5.94. The van der Waals surface area contributed by atoms with Gasteiger partial charge in [-0.3, -0.25) is 4.79 Å². The van der Waals surface area contributed by atoms with E-state index in [0.29, 0.717) is 13.0 Å². The lowest BCUT2D eigenvalue weighted by atomic mass is 10.00. The van der Waals surface area contributed by atoms with Crippen LogP contribution in [-0.2, 0) is 4.79 Å². The Morgan fingerprint density at radius 2 is 2.18 bits per heavy atom. The summed E-state index contributed by atoms with van der Waals surface area (Å²) in [6, 6.07) is 5.26. The van der Waals surface area contributed by atoms with Crippen molar-refractivity contribution in [3.8, 4) is 5.75 Å². The first kappa shape index (κ1) is 11.7. The van der Waals surface area contributed by atoms with Crippen molar-refractivity contribution in [1.29, 1.82) is 0 Å². The molecule has 0 fully saturated rings. The Labute approximate surface area is 101 Å². The van der Waals surface area contributed by atoms with Gasteiger partial charge in [0.2, 0.25) is 5.91 Å². The first-order valence-corrected chi connectivity index (χ1v) is 5.94. The van der Waals surface area contributed by atoms with Crippen molar-refractivity contribution in [3.05, 3.63) is 35.4 Å². The minimum Gasteiger partial charge on any atom is -0.508 e. The fraction of sp³-hybridized carbons (Fsp3) is 0.357. The number of hydrogen-bond acceptors (Lipinski definition) is 2. The van der Waals surface area contributed by atoms with Crippen LogP contribution in [0.5, 0.6) is 5.75 Å². The van der Waals surface area contributed by atoms with Crippen LogP contribution < -0.4 is 0 Å². The Hall–Kier alpha value is -1.77. The van der Waals surface area contributed by atoms with Crippen LogP contribution >= 0.6 is 0 Å². The summed E-state index contributed by atoms with van der Waals surface area (Å²) in [5.41, 5.74) is 2.99. The van der Waals surface area contributed by atoms with Crippen molar-refractivity contribution < 1.29 is 9.90 Å². The van der Waals surface area contributed by atoms with E-state index in [-0.39, 0.29) is 11.7 Å². The van der Waals surface area contributed by atoms with Gasteiger partial charge in [0.05, 0.1) is 0 Å². The molecule has 3 heteroatoms. The van der Waals surface area contributed by atoms with Crippen LogP contribution in [0.3, 0.4) is 0 Å². The lowest BCUT2D eigenvalue weighted by Crippen LogP contribution is -2.31. The summed E-state index contributed by atoms with van der Waals surface area (Å²) in [6.45, 7) is 4.61. The fourth-order valence-corrected chi connectivity index (χ4v) is 2.25. The van der Waals surface area contributed by atoms with Crippen LogP contribution in [0.4, 0.5) is 0 Å². The second-order valence-corrected chi connectivity index (χ2v) is 4.27. The molecule has 1 N–H and O–H groups in total. The number of hydrogen-bond donors (Lipinski definition) is 1. The minimum absolute atomic E-state index is 0.178. The van der Waals surface area contributed by atoms with Gasteiger partial charge in [0.1, 0.15) is 5.75 Å². The number of nitrogens with zero attached hydrogens (tertiary/aromatic N) is 1. The van der Waals surface area contributed by atoms with E-state index in [1.54, 1.807) is 12.1 Å². The van der Waals surface area contributed by atoms with E-state index in [1.807, 2.05) is 24.8 Å². The number of rotatable bonds is 2. The molecule has 90 valence electrons. The lowest BCUT2D eigenvalue weighted by Gasteiger charge is -2.28. The number of amides is 1. The second-order valence-electron chi connectivity index (χ2n) is 4.27. The summed E-state index contributed by atoms with van der Waals surface area (Å²) >= 11 is 0. The van der Waals surface area contributed by atoms with Gasteiger partial charge in [-0.1, -0.05) is 6.08 Å². The molecular weight excluding hydrogens is 214 g/mol. The Kier molecular flexibility index (Phi) is 3.18. The van der Waals surface area contributed by atoms with E-state index in [4.69, 9.17) is 0 Å². The van der Waals surface area contributed by atoms with Crippen LogP contribution in [0.2, 0.25) is 0 Å². The van der Waals surface area contributed by atoms with E-state index in [9.17, 15) is 9.90 Å². The highest BCUT2D eigenvalue weighted by Gasteiger charge is 2.22. The second kappa shape index (κ2) is 4.62. The molecule has 1 aliphatic heterocycles. The number of aromatic hydroxyl groups is 1. The maximum atomic E-state index is 11.8. The minimum atomic E-state index is 0.178. The zero-order valence-corrected chi connectivity index (χ0v) is 10.2. The quantitative estimate of drug-likeness (QED) is 0.850. The van der Waals surface area contributed by atoms with Gasteiger partial charge in [-0.2, -0.15) is 0 Å². The number of aryl methyl sites for hydroxylation is 1. The fourth-order valence-electron chi connectivity index (χ4n) is 2.25. The molecule has 0 saturated carbocycles. The van der Waals surface area contributed by atoms with E-state index in [1.165, 1.54) is 0 Å². The zero-order chi connectivity index (χ0) is 12.4. The highest BCUT2D eigenvalue weighted by molar-refractivity contribution is 5.89. The maximum Gasteiger partial charge on any atom is 0.227 e. The molecule has 0 radical (unpaired) electrons. The van der Waals surface area contributed by atoms with Crippen LogP contribution in [0, 0.1) is 6.92 Å². The molecule has 0 spiro atoms. The molecule has 0 bridgehead atoms. The Balaban J connectivity index is 2.44. The van der Waals surface area contributed by atoms with E-state index < -0.39 is 0 Å². The summed E-state index contributed by atoms with van der Waals surface area (Å²) in [4.78, 5) is 13.6. The third kappa shape index (κ3) is 2.18. The number of allylic oxidation sites excluding steroid dienone is 1. The average Bonchev–Trinajstić information content (AvgIpc) is 2.29. The molecule has 1 aromatic rings. The van der Waals surface area contributed by atoms with Crippen LogP contribution in [0.1, 0.15) is 30.9 Å². The van der Waals surface area contributed by atoms with Gasteiger partial charge in [-0.05, 0) is 44.0 Å². The Bertz CT molecular complexity index is 477. The third-order valence-electron chi connectivity index (χ3n) is 3.09. The molecule has 3 nitrogen and oxygen atoms in total. The molecule has 1 aromatic carbocycles. The van der Waals surface area contributed by atoms with Gasteiger partial charge in [-0.15, -0.1) is 0 Å². The molecule has 0 aliphatic carbocycles. The average molecular weight is 231 g/mol. The van der Waals surface area contributed by atoms with Crippen molar-refractivity contribution in [2.75, 3.05) is 6.54 Å². The standard InChI is InChI=1S/C14H17NO2/c1-3-15-13(5-4-6-14(15)17)12-8-7-11(16)9-10(12)2/h5,7-9,16H,3-4,6H2,1-2H3. The van der Waals surface area contributed by atoms with Crippen molar-refractivity contribution in [2.24, 2.45) is 0 Å². The molecule has 1 aliphatic rings. The molecule has 0 saturated heterocycles. The SMILES string of the molecule is CCN1C(=O)CCC=C1c1ccc(O)cc1C. The van der Waals surface area contributed by atoms with Crippen LogP contribution in [0.25, 0.3) is 5.70 Å². The number of carbonyl (C=O) groups excluding carboxylic acids is 1. The molecule has 2 rings (SSSR count). The smallest absolute Gasteiger partial charge is 0.227 e. The highest BCUT2D eigenvalue weighted by Crippen LogP contribution is 2.29. The van der Waals surface area contributed by atoms with Gasteiger partial charge in [0, 0.05) is 24.2 Å². The number of carbonyl (C=O) groups is 1. The van der Waals surface area contributed by atoms with Crippen LogP contribution in [0.15, 0.2) is 24.3 Å². The molecule has 0 unspecified atom stereocenters. The summed E-state index contributed by atoms with van der Waals surface area (Å²) in [5.74, 6) is 0.439. The van der Waals surface area contributed by atoms with Crippen molar-refractivity contribution in [2.45, 2.75) is 26.7 Å². The van der Waals surface area contributed by atoms with Crippen molar-refractivity contribution >= 4 is 11.6 Å². The highest BCUT2D eigenvalue weighted by atomic mass is 16.3. The van der Waals surface area contributed by atoms with Crippen molar-refractivity contribution in [1.82, 2.24) is 4.90 Å². The van der Waals surface area contributed by atoms with Gasteiger partial charge >= 0.3 is 0 Å². The first-order chi connectivity index (χ1) is 8.13. The monoisotopic (exact) mass is 231 g/mol. The molecular formula is C14H17NO2. The molecule has 17 heavy (non-hydrogen) atoms. The van der Waals surface area contributed by atoms with E-state index in [2.05, 4.69) is 6.08 Å². The molecule has 0 aromatic heterocycles. The van der Waals surface area contributed by atoms with Gasteiger partial charge < -0.3 is 10.0 Å². The predicted molar refractivity (Wildman–Crippen MR) is 67.4 cm³/mol. The molecule has 0 atom stereocenters. The van der Waals surface area contributed by atoms with Crippen LogP contribution in [-0.4, -0.2) is 22.5 Å². The zero-order valence-electron chi connectivity index (χ0n) is 10.2. The van der Waals surface area contributed by atoms with Gasteiger partial charge in [0.25, 0.3) is 0 Å². The summed E-state index contributed by atoms with van der Waals surface area (Å²) in [7, 11) is 0. The topological polar surface area (TPSA) is 40.5 Å². The molecule has 1 heterocycles. The third-order valence-corrected chi connectivity index (χ3v) is 3.09. The van der Waals surface area contributed by atoms with E-state index >= 15 is 0 Å². The normalized spacial score (nSPS) is 16.0. The Morgan fingerprint density at radius 3 is 2.82 bits per heavy atom. The predicted octanol–water partition coefficient (Wildman–Crippen LogP) is 2.68. The summed E-state index contributed by atoms with van der Waals surface area (Å²) in [6.07, 6.45) is 3.49. The number of benzene rings is 1.